The van der Waals surface area contributed by atoms with Crippen molar-refractivity contribution in [2.24, 2.45) is 0 Å². The van der Waals surface area contributed by atoms with Crippen LogP contribution in [0.3, 0.4) is 0 Å². The standard InChI is InChI=1S/C17H21N3O2/c1-20(15-7-4-3-5-8-15)16-10-9-14(13-19-16)17(21)18-11-6-12-22-2/h3-5,7-10,13H,6,11-12H2,1-2H3,(H,18,21). The maximum atomic E-state index is 12.0. The predicted molar refractivity (Wildman–Crippen MR) is 87.6 cm³/mol. The summed E-state index contributed by atoms with van der Waals surface area (Å²) in [6, 6.07) is 13.6. The van der Waals surface area contributed by atoms with Gasteiger partial charge in [0.15, 0.2) is 0 Å². The first-order valence-electron chi connectivity index (χ1n) is 7.24. The lowest BCUT2D eigenvalue weighted by molar-refractivity contribution is 0.0948. The van der Waals surface area contributed by atoms with Crippen molar-refractivity contribution in [3.05, 3.63) is 54.2 Å². The third-order valence-electron chi connectivity index (χ3n) is 3.31. The van der Waals surface area contributed by atoms with Crippen LogP contribution >= 0.6 is 0 Å². The molecule has 2 aromatic rings. The average Bonchev–Trinajstić information content (AvgIpc) is 2.59. The van der Waals surface area contributed by atoms with Crippen molar-refractivity contribution < 1.29 is 9.53 Å². The molecule has 1 heterocycles. The second-order valence-corrected chi connectivity index (χ2v) is 4.90. The van der Waals surface area contributed by atoms with Gasteiger partial charge in [-0.25, -0.2) is 4.98 Å². The molecule has 1 N–H and O–H groups in total. The molecule has 1 amide bonds. The fourth-order valence-electron chi connectivity index (χ4n) is 2.02. The molecule has 116 valence electrons. The number of anilines is 2. The average molecular weight is 299 g/mol. The molecule has 0 aliphatic rings. The number of rotatable bonds is 7. The summed E-state index contributed by atoms with van der Waals surface area (Å²) < 4.78 is 4.94. The van der Waals surface area contributed by atoms with Crippen molar-refractivity contribution in [3.8, 4) is 0 Å². The number of ether oxygens (including phenoxy) is 1. The number of pyridine rings is 1. The molecule has 0 saturated carbocycles. The van der Waals surface area contributed by atoms with Gasteiger partial charge in [-0.05, 0) is 30.7 Å². The first-order chi connectivity index (χ1) is 10.7. The normalized spacial score (nSPS) is 10.3. The fraction of sp³-hybridized carbons (Fsp3) is 0.294. The third kappa shape index (κ3) is 4.30. The van der Waals surface area contributed by atoms with Gasteiger partial charge in [-0.2, -0.15) is 0 Å². The zero-order chi connectivity index (χ0) is 15.8. The minimum absolute atomic E-state index is 0.113. The van der Waals surface area contributed by atoms with Gasteiger partial charge in [0, 0.05) is 39.2 Å². The molecule has 1 aromatic heterocycles. The van der Waals surface area contributed by atoms with Gasteiger partial charge in [0.05, 0.1) is 5.56 Å². The second-order valence-electron chi connectivity index (χ2n) is 4.90. The smallest absolute Gasteiger partial charge is 0.252 e. The summed E-state index contributed by atoms with van der Waals surface area (Å²) in [6.07, 6.45) is 2.39. The Balaban J connectivity index is 1.96. The van der Waals surface area contributed by atoms with Gasteiger partial charge in [0.25, 0.3) is 5.91 Å². The maximum absolute atomic E-state index is 12.0. The largest absolute Gasteiger partial charge is 0.385 e. The quantitative estimate of drug-likeness (QED) is 0.799. The Morgan fingerprint density at radius 1 is 1.23 bits per heavy atom. The van der Waals surface area contributed by atoms with E-state index in [1.54, 1.807) is 19.4 Å². The third-order valence-corrected chi connectivity index (χ3v) is 3.31. The van der Waals surface area contributed by atoms with Crippen LogP contribution in [0, 0.1) is 0 Å². The Labute approximate surface area is 130 Å². The number of benzene rings is 1. The number of hydrogen-bond acceptors (Lipinski definition) is 4. The molecule has 0 aliphatic carbocycles. The Hall–Kier alpha value is -2.40. The molecule has 0 unspecified atom stereocenters. The van der Waals surface area contributed by atoms with Crippen LogP contribution < -0.4 is 10.2 Å². The van der Waals surface area contributed by atoms with Gasteiger partial charge in [0.2, 0.25) is 0 Å². The van der Waals surface area contributed by atoms with Gasteiger partial charge in [0.1, 0.15) is 5.82 Å². The molecule has 2 rings (SSSR count). The molecule has 5 heteroatoms. The molecule has 0 atom stereocenters. The van der Waals surface area contributed by atoms with Crippen LogP contribution in [0.15, 0.2) is 48.7 Å². The van der Waals surface area contributed by atoms with E-state index < -0.39 is 0 Å². The minimum atomic E-state index is -0.113. The summed E-state index contributed by atoms with van der Waals surface area (Å²) in [5.41, 5.74) is 1.61. The van der Waals surface area contributed by atoms with Crippen LogP contribution in [0.4, 0.5) is 11.5 Å². The molecular formula is C17H21N3O2. The molecule has 0 aliphatic heterocycles. The highest BCUT2D eigenvalue weighted by molar-refractivity contribution is 5.94. The minimum Gasteiger partial charge on any atom is -0.385 e. The maximum Gasteiger partial charge on any atom is 0.252 e. The van der Waals surface area contributed by atoms with Crippen LogP contribution in [-0.4, -0.2) is 38.2 Å². The Morgan fingerprint density at radius 2 is 2.00 bits per heavy atom. The summed E-state index contributed by atoms with van der Waals surface area (Å²) in [4.78, 5) is 18.3. The topological polar surface area (TPSA) is 54.5 Å². The van der Waals surface area contributed by atoms with E-state index in [2.05, 4.69) is 10.3 Å². The number of amides is 1. The van der Waals surface area contributed by atoms with Crippen LogP contribution in [0.5, 0.6) is 0 Å². The molecule has 0 saturated heterocycles. The number of nitrogens with zero attached hydrogens (tertiary/aromatic N) is 2. The Bertz CT molecular complexity index is 585. The highest BCUT2D eigenvalue weighted by Gasteiger charge is 2.08. The van der Waals surface area contributed by atoms with E-state index >= 15 is 0 Å². The van der Waals surface area contributed by atoms with Crippen LogP contribution in [0.2, 0.25) is 0 Å². The summed E-state index contributed by atoms with van der Waals surface area (Å²) in [7, 11) is 3.59. The summed E-state index contributed by atoms with van der Waals surface area (Å²) >= 11 is 0. The molecule has 0 spiro atoms. The monoisotopic (exact) mass is 299 g/mol. The lowest BCUT2D eigenvalue weighted by Gasteiger charge is -2.18. The van der Waals surface area contributed by atoms with E-state index in [-0.39, 0.29) is 5.91 Å². The van der Waals surface area contributed by atoms with Gasteiger partial charge in [-0.1, -0.05) is 18.2 Å². The first kappa shape index (κ1) is 16.0. The number of nitrogens with one attached hydrogen (secondary N) is 1. The van der Waals surface area contributed by atoms with E-state index in [1.165, 1.54) is 0 Å². The van der Waals surface area contributed by atoms with Gasteiger partial charge >= 0.3 is 0 Å². The Morgan fingerprint density at radius 3 is 2.64 bits per heavy atom. The van der Waals surface area contributed by atoms with Crippen LogP contribution in [0.25, 0.3) is 0 Å². The molecular weight excluding hydrogens is 278 g/mol. The molecule has 0 radical (unpaired) electrons. The molecule has 1 aromatic carbocycles. The van der Waals surface area contributed by atoms with Crippen molar-refractivity contribution in [2.45, 2.75) is 6.42 Å². The zero-order valence-corrected chi connectivity index (χ0v) is 13.0. The Kier molecular flexibility index (Phi) is 5.91. The number of carbonyl (C=O) groups is 1. The summed E-state index contributed by atoms with van der Waals surface area (Å²) in [5.74, 6) is 0.680. The molecule has 5 nitrogen and oxygen atoms in total. The van der Waals surface area contributed by atoms with E-state index in [1.807, 2.05) is 48.3 Å². The van der Waals surface area contributed by atoms with E-state index in [4.69, 9.17) is 4.74 Å². The van der Waals surface area contributed by atoms with Crippen molar-refractivity contribution in [1.82, 2.24) is 10.3 Å². The molecule has 0 bridgehead atoms. The number of hydrogen-bond donors (Lipinski definition) is 1. The van der Waals surface area contributed by atoms with E-state index in [0.717, 1.165) is 17.9 Å². The second kappa shape index (κ2) is 8.14. The van der Waals surface area contributed by atoms with Crippen molar-refractivity contribution >= 4 is 17.4 Å². The van der Waals surface area contributed by atoms with Crippen LogP contribution in [0.1, 0.15) is 16.8 Å². The first-order valence-corrected chi connectivity index (χ1v) is 7.24. The lowest BCUT2D eigenvalue weighted by Crippen LogP contribution is -2.25. The summed E-state index contributed by atoms with van der Waals surface area (Å²) in [6.45, 7) is 1.23. The molecule has 0 fully saturated rings. The predicted octanol–water partition coefficient (Wildman–Crippen LogP) is 2.62. The number of methoxy groups -OCH3 is 1. The van der Waals surface area contributed by atoms with Crippen molar-refractivity contribution in [1.29, 1.82) is 0 Å². The van der Waals surface area contributed by atoms with E-state index in [9.17, 15) is 4.79 Å². The van der Waals surface area contributed by atoms with E-state index in [0.29, 0.717) is 18.7 Å². The van der Waals surface area contributed by atoms with Gasteiger partial charge in [-0.15, -0.1) is 0 Å². The van der Waals surface area contributed by atoms with Gasteiger partial charge < -0.3 is 15.0 Å². The zero-order valence-electron chi connectivity index (χ0n) is 13.0. The van der Waals surface area contributed by atoms with Crippen molar-refractivity contribution in [3.63, 3.8) is 0 Å². The lowest BCUT2D eigenvalue weighted by atomic mass is 10.2. The summed E-state index contributed by atoms with van der Waals surface area (Å²) in [5, 5.41) is 2.84. The number of para-hydroxylation sites is 1. The SMILES string of the molecule is COCCCNC(=O)c1ccc(N(C)c2ccccc2)nc1. The highest BCUT2D eigenvalue weighted by Crippen LogP contribution is 2.20. The van der Waals surface area contributed by atoms with Gasteiger partial charge in [-0.3, -0.25) is 4.79 Å². The van der Waals surface area contributed by atoms with Crippen molar-refractivity contribution in [2.75, 3.05) is 32.2 Å². The highest BCUT2D eigenvalue weighted by atomic mass is 16.5. The molecule has 22 heavy (non-hydrogen) atoms. The fourth-order valence-corrected chi connectivity index (χ4v) is 2.02. The van der Waals surface area contributed by atoms with Crippen LogP contribution in [-0.2, 0) is 4.74 Å². The number of carbonyl (C=O) groups excluding carboxylic acids is 1. The number of aromatic nitrogens is 1.